The van der Waals surface area contributed by atoms with Gasteiger partial charge >= 0.3 is 5.97 Å². The summed E-state index contributed by atoms with van der Waals surface area (Å²) in [6.07, 6.45) is -2.70. The Labute approximate surface area is 612 Å². The first-order valence-electron chi connectivity index (χ1n) is 35.4. The van der Waals surface area contributed by atoms with Crippen LogP contribution >= 0.6 is 0 Å². The molecule has 0 radical (unpaired) electrons. The average Bonchev–Trinajstić information content (AvgIpc) is 1.74. The van der Waals surface area contributed by atoms with Crippen LogP contribution in [0, 0.1) is 35.5 Å². The number of nitrogens with one attached hydrogen (secondary N) is 13. The largest absolute Gasteiger partial charge is 0.481 e. The van der Waals surface area contributed by atoms with Gasteiger partial charge in [0.15, 0.2) is 0 Å². The number of carbonyl (C=O) groups is 17. The number of likely N-dealkylation sites (tertiary alicyclic amines) is 1. The number of amides is 16. The Morgan fingerprint density at radius 1 is 0.381 bits per heavy atom. The van der Waals surface area contributed by atoms with E-state index in [9.17, 15) is 102 Å². The zero-order valence-electron chi connectivity index (χ0n) is 62.9. The third kappa shape index (κ3) is 34.5. The molecule has 23 N–H and O–H groups in total. The van der Waals surface area contributed by atoms with Crippen LogP contribution < -0.4 is 86.3 Å². The number of hydrogen-bond donors (Lipinski definition) is 20. The minimum Gasteiger partial charge on any atom is -0.481 e. The van der Waals surface area contributed by atoms with Crippen LogP contribution in [0.3, 0.4) is 0 Å². The molecule has 15 unspecified atom stereocenters. The number of rotatable bonds is 47. The van der Waals surface area contributed by atoms with Gasteiger partial charge in [0.2, 0.25) is 94.5 Å². The van der Waals surface area contributed by atoms with E-state index >= 15 is 0 Å². The van der Waals surface area contributed by atoms with Gasteiger partial charge in [-0.2, -0.15) is 0 Å². The van der Waals surface area contributed by atoms with Gasteiger partial charge in [-0.3, -0.25) is 81.5 Å². The summed E-state index contributed by atoms with van der Waals surface area (Å²) in [6.45, 7) is 21.7. The first-order valence-corrected chi connectivity index (χ1v) is 35.4. The molecule has 0 bridgehead atoms. The van der Waals surface area contributed by atoms with Crippen LogP contribution in [0.5, 0.6) is 0 Å². The highest BCUT2D eigenvalue weighted by Gasteiger charge is 2.42. The molecule has 0 aromatic rings. The summed E-state index contributed by atoms with van der Waals surface area (Å²) < 4.78 is 0. The van der Waals surface area contributed by atoms with Crippen molar-refractivity contribution in [2.75, 3.05) is 26.3 Å². The zero-order valence-corrected chi connectivity index (χ0v) is 62.9. The number of primary amides is 2. The molecule has 1 saturated heterocycles. The average molecular weight is 1500 g/mol. The molecule has 16 amide bonds. The Hall–Kier alpha value is -9.17. The van der Waals surface area contributed by atoms with Crippen LogP contribution in [0.1, 0.15) is 168 Å². The Morgan fingerprint density at radius 3 is 1.08 bits per heavy atom. The molecule has 38 nitrogen and oxygen atoms in total. The van der Waals surface area contributed by atoms with Gasteiger partial charge in [-0.1, -0.05) is 83.1 Å². The van der Waals surface area contributed by atoms with Crippen molar-refractivity contribution in [3.63, 3.8) is 0 Å². The second kappa shape index (κ2) is 45.9. The number of carbonyl (C=O) groups excluding carboxylic acids is 16. The number of aliphatic hydroxyl groups excluding tert-OH is 3. The SMILES string of the molecule is CC(C)CC(N)C(=O)NC(CC(C)C)C(=O)NC(CC(N)=O)C(=O)NC(C)C(=O)NC(CC(C)C)C(=O)N1CCCC1C(=O)NC(CC(C)C)C(=O)NC(CC(=O)O)C(=O)NC(C)C(=O)NC(CC(C)C)C(=O)NC(CO)C(=O)NC(CO)C(=O)NC(CC(C)C)C(=O)NC(C(=O)NCC(N)=O)C(C)O. The fourth-order valence-electron chi connectivity index (χ4n) is 11.0. The number of carboxylic acids is 1. The monoisotopic (exact) mass is 1500 g/mol. The van der Waals surface area contributed by atoms with E-state index in [-0.39, 0.29) is 87.0 Å². The minimum atomic E-state index is -1.90. The highest BCUT2D eigenvalue weighted by Crippen LogP contribution is 2.22. The number of aliphatic carboxylic acids is 1. The predicted molar refractivity (Wildman–Crippen MR) is 378 cm³/mol. The van der Waals surface area contributed by atoms with Crippen molar-refractivity contribution >= 4 is 100 Å². The first kappa shape index (κ1) is 93.8. The third-order valence-electron chi connectivity index (χ3n) is 16.3. The van der Waals surface area contributed by atoms with Gasteiger partial charge in [0.1, 0.15) is 78.5 Å². The standard InChI is InChI=1S/C67H117N17O21/c1-30(2)19-39(68)56(94)75-41(21-32(5)6)59(97)77-44(25-50(69)88)57(95)72-37(14)55(93)80-46(24-35(11)12)67(105)84-18-16-17-49(84)65(103)79-42(22-33(7)8)60(98)78-45(26-52(90)91)58(96)73-36(13)54(92)74-40(20-31(3)4)61(99)81-48(29-86)64(102)82-47(28-85)63(101)76-43(23-34(9)10)62(100)83-53(38(15)87)66(104)71-27-51(70)89/h30-49,53,85-87H,16-29,68H2,1-15H3,(H2,69,88)(H2,70,89)(H,71,104)(H,72,95)(H,73,96)(H,74,92)(H,75,94)(H,76,101)(H,77,97)(H,78,98)(H,79,103)(H,80,93)(H,81,99)(H,82,102)(H,83,100)(H,90,91). The van der Waals surface area contributed by atoms with Crippen LogP contribution in [0.15, 0.2) is 0 Å². The second-order valence-corrected chi connectivity index (χ2v) is 29.1. The minimum absolute atomic E-state index is 0.0175. The van der Waals surface area contributed by atoms with E-state index in [4.69, 9.17) is 17.2 Å². The molecule has 38 heteroatoms. The Bertz CT molecular complexity index is 3020. The number of hydrogen-bond acceptors (Lipinski definition) is 21. The van der Waals surface area contributed by atoms with E-state index in [1.165, 1.54) is 18.7 Å². The zero-order chi connectivity index (χ0) is 80.6. The molecule has 0 aliphatic carbocycles. The molecule has 0 saturated carbocycles. The lowest BCUT2D eigenvalue weighted by molar-refractivity contribution is -0.143. The molecular formula is C67H117N17O21. The topological polar surface area (TPSA) is 609 Å². The summed E-state index contributed by atoms with van der Waals surface area (Å²) in [7, 11) is 0. The van der Waals surface area contributed by atoms with Crippen molar-refractivity contribution in [1.82, 2.24) is 74.0 Å². The van der Waals surface area contributed by atoms with Gasteiger partial charge in [0.05, 0.1) is 44.7 Å². The van der Waals surface area contributed by atoms with Crippen molar-refractivity contribution in [2.24, 2.45) is 52.7 Å². The van der Waals surface area contributed by atoms with Gasteiger partial charge in [-0.25, -0.2) is 0 Å². The van der Waals surface area contributed by atoms with Gasteiger partial charge < -0.3 is 112 Å². The lowest BCUT2D eigenvalue weighted by Gasteiger charge is -2.31. The molecule has 1 aliphatic rings. The molecule has 0 spiro atoms. The van der Waals surface area contributed by atoms with Gasteiger partial charge in [0.25, 0.3) is 0 Å². The summed E-state index contributed by atoms with van der Waals surface area (Å²) in [4.78, 5) is 229. The first-order chi connectivity index (χ1) is 48.7. The molecule has 596 valence electrons. The maximum absolute atomic E-state index is 14.5. The number of aliphatic hydroxyl groups is 3. The smallest absolute Gasteiger partial charge is 0.305 e. The maximum atomic E-state index is 14.5. The molecule has 0 aromatic heterocycles. The summed E-state index contributed by atoms with van der Waals surface area (Å²) in [5, 5.41) is 71.7. The van der Waals surface area contributed by atoms with Crippen molar-refractivity contribution in [1.29, 1.82) is 0 Å². The Morgan fingerprint density at radius 2 is 0.705 bits per heavy atom. The van der Waals surface area contributed by atoms with Crippen molar-refractivity contribution in [3.05, 3.63) is 0 Å². The van der Waals surface area contributed by atoms with Gasteiger partial charge in [0, 0.05) is 6.54 Å². The van der Waals surface area contributed by atoms with Gasteiger partial charge in [-0.15, -0.1) is 0 Å². The van der Waals surface area contributed by atoms with Gasteiger partial charge in [-0.05, 0) is 108 Å². The van der Waals surface area contributed by atoms with E-state index in [2.05, 4.69) is 69.1 Å². The molecule has 1 fully saturated rings. The lowest BCUT2D eigenvalue weighted by atomic mass is 10.00. The van der Waals surface area contributed by atoms with Crippen LogP contribution in [-0.2, 0) is 81.5 Å². The van der Waals surface area contributed by atoms with Crippen molar-refractivity contribution < 1.29 is 102 Å². The Balaban J connectivity index is 3.33. The predicted octanol–water partition coefficient (Wildman–Crippen LogP) is -6.24. The van der Waals surface area contributed by atoms with E-state index in [0.29, 0.717) is 6.42 Å². The van der Waals surface area contributed by atoms with Crippen molar-refractivity contribution in [3.8, 4) is 0 Å². The molecule has 1 heterocycles. The summed E-state index contributed by atoms with van der Waals surface area (Å²) in [5.41, 5.74) is 16.6. The summed E-state index contributed by atoms with van der Waals surface area (Å²) >= 11 is 0. The lowest BCUT2D eigenvalue weighted by Crippen LogP contribution is -2.62. The molecule has 105 heavy (non-hydrogen) atoms. The molecule has 0 aromatic carbocycles. The molecular weight excluding hydrogens is 1380 g/mol. The number of carboxylic acid groups (broad SMARTS) is 1. The van der Waals surface area contributed by atoms with Crippen LogP contribution in [-0.4, -0.2) is 243 Å². The quantitative estimate of drug-likeness (QED) is 0.0270. The fraction of sp³-hybridized carbons (Fsp3) is 0.746. The van der Waals surface area contributed by atoms with E-state index in [0.717, 1.165) is 6.92 Å². The molecule has 1 rings (SSSR count). The normalized spacial score (nSPS) is 16.9. The summed E-state index contributed by atoms with van der Waals surface area (Å²) in [6, 6.07) is -20.8. The number of nitrogens with zero attached hydrogens (tertiary/aromatic N) is 1. The van der Waals surface area contributed by atoms with E-state index in [1.54, 1.807) is 69.2 Å². The summed E-state index contributed by atoms with van der Waals surface area (Å²) in [5.74, 6) is -18.3. The molecule has 15 atom stereocenters. The highest BCUT2D eigenvalue weighted by atomic mass is 16.4. The number of nitrogens with two attached hydrogens (primary N) is 3. The fourth-order valence-corrected chi connectivity index (χ4v) is 11.0. The van der Waals surface area contributed by atoms with Crippen LogP contribution in [0.2, 0.25) is 0 Å². The van der Waals surface area contributed by atoms with E-state index in [1.807, 2.05) is 13.8 Å². The molecule has 1 aliphatic heterocycles. The Kier molecular flexibility index (Phi) is 41.0. The van der Waals surface area contributed by atoms with Crippen LogP contribution in [0.4, 0.5) is 0 Å². The maximum Gasteiger partial charge on any atom is 0.305 e. The van der Waals surface area contributed by atoms with Crippen LogP contribution in [0.25, 0.3) is 0 Å². The highest BCUT2D eigenvalue weighted by molar-refractivity contribution is 6.01. The third-order valence-corrected chi connectivity index (χ3v) is 16.3. The van der Waals surface area contributed by atoms with Crippen molar-refractivity contribution in [2.45, 2.75) is 259 Å². The second-order valence-electron chi connectivity index (χ2n) is 29.1. The van der Waals surface area contributed by atoms with E-state index < -0.39 is 224 Å².